The quantitative estimate of drug-likeness (QED) is 0.471. The molecule has 14 heavy (non-hydrogen) atoms. The summed E-state index contributed by atoms with van der Waals surface area (Å²) in [6.07, 6.45) is -0.800. The van der Waals surface area contributed by atoms with E-state index < -0.39 is 17.1 Å². The first-order chi connectivity index (χ1) is 6.54. The SMILES string of the molecule is CC(O)c1ccccc1C(=O)C(=O)Cl. The lowest BCUT2D eigenvalue weighted by atomic mass is 10.0. The Morgan fingerprint density at radius 2 is 1.93 bits per heavy atom. The van der Waals surface area contributed by atoms with Gasteiger partial charge >= 0.3 is 0 Å². The van der Waals surface area contributed by atoms with Crippen LogP contribution in [0, 0.1) is 0 Å². The van der Waals surface area contributed by atoms with Gasteiger partial charge in [-0.1, -0.05) is 24.3 Å². The predicted molar refractivity (Wildman–Crippen MR) is 52.3 cm³/mol. The summed E-state index contributed by atoms with van der Waals surface area (Å²) in [6, 6.07) is 6.33. The Bertz CT molecular complexity index is 371. The first-order valence-corrected chi connectivity index (χ1v) is 4.43. The van der Waals surface area contributed by atoms with E-state index >= 15 is 0 Å². The maximum atomic E-state index is 11.3. The average Bonchev–Trinajstić information content (AvgIpc) is 2.16. The van der Waals surface area contributed by atoms with E-state index in [0.717, 1.165) is 0 Å². The molecule has 1 N–H and O–H groups in total. The highest BCUT2D eigenvalue weighted by Crippen LogP contribution is 2.18. The van der Waals surface area contributed by atoms with Crippen molar-refractivity contribution >= 4 is 22.6 Å². The Kier molecular flexibility index (Phi) is 3.38. The van der Waals surface area contributed by atoms with Crippen LogP contribution in [-0.4, -0.2) is 16.1 Å². The van der Waals surface area contributed by atoms with Gasteiger partial charge in [-0.05, 0) is 24.1 Å². The smallest absolute Gasteiger partial charge is 0.293 e. The number of ketones is 1. The van der Waals surface area contributed by atoms with Crippen LogP contribution in [0.15, 0.2) is 24.3 Å². The topological polar surface area (TPSA) is 54.4 Å². The van der Waals surface area contributed by atoms with Crippen molar-refractivity contribution in [2.75, 3.05) is 0 Å². The monoisotopic (exact) mass is 212 g/mol. The van der Waals surface area contributed by atoms with E-state index in [9.17, 15) is 14.7 Å². The number of aliphatic hydroxyl groups is 1. The molecule has 0 saturated heterocycles. The highest BCUT2D eigenvalue weighted by Gasteiger charge is 2.18. The molecule has 74 valence electrons. The molecule has 0 aliphatic carbocycles. The minimum atomic E-state index is -1.04. The summed E-state index contributed by atoms with van der Waals surface area (Å²) >= 11 is 5.07. The third-order valence-corrected chi connectivity index (χ3v) is 2.01. The summed E-state index contributed by atoms with van der Waals surface area (Å²) in [5.74, 6) is -0.789. The summed E-state index contributed by atoms with van der Waals surface area (Å²) in [6.45, 7) is 1.52. The van der Waals surface area contributed by atoms with Crippen LogP contribution in [0.1, 0.15) is 28.9 Å². The van der Waals surface area contributed by atoms with Gasteiger partial charge < -0.3 is 5.11 Å². The predicted octanol–water partition coefficient (Wildman–Crippen LogP) is 1.69. The molecular formula is C10H9ClO3. The largest absolute Gasteiger partial charge is 0.389 e. The number of rotatable bonds is 3. The van der Waals surface area contributed by atoms with Crippen molar-refractivity contribution in [3.8, 4) is 0 Å². The minimum absolute atomic E-state index is 0.155. The van der Waals surface area contributed by atoms with E-state index in [1.807, 2.05) is 0 Å². The zero-order valence-corrected chi connectivity index (χ0v) is 8.28. The van der Waals surface area contributed by atoms with Gasteiger partial charge in [-0.2, -0.15) is 0 Å². The van der Waals surface area contributed by atoms with E-state index in [0.29, 0.717) is 5.56 Å². The molecule has 1 aromatic carbocycles. The van der Waals surface area contributed by atoms with E-state index in [2.05, 4.69) is 0 Å². The van der Waals surface area contributed by atoms with Gasteiger partial charge in [0.05, 0.1) is 6.10 Å². The second kappa shape index (κ2) is 4.35. The number of carbonyl (C=O) groups excluding carboxylic acids is 2. The van der Waals surface area contributed by atoms with Crippen LogP contribution in [0.5, 0.6) is 0 Å². The maximum absolute atomic E-state index is 11.3. The lowest BCUT2D eigenvalue weighted by Crippen LogP contribution is -2.11. The molecule has 1 unspecified atom stereocenters. The lowest BCUT2D eigenvalue weighted by molar-refractivity contribution is -0.108. The van der Waals surface area contributed by atoms with Crippen molar-refractivity contribution in [3.63, 3.8) is 0 Å². The molecule has 1 rings (SSSR count). The van der Waals surface area contributed by atoms with Gasteiger partial charge in [-0.25, -0.2) is 0 Å². The number of carbonyl (C=O) groups is 2. The number of hydrogen-bond acceptors (Lipinski definition) is 3. The van der Waals surface area contributed by atoms with Gasteiger partial charge in [-0.3, -0.25) is 9.59 Å². The minimum Gasteiger partial charge on any atom is -0.389 e. The Morgan fingerprint density at radius 3 is 2.43 bits per heavy atom. The average molecular weight is 213 g/mol. The molecule has 0 fully saturated rings. The van der Waals surface area contributed by atoms with Crippen molar-refractivity contribution in [3.05, 3.63) is 35.4 Å². The zero-order valence-electron chi connectivity index (χ0n) is 7.53. The van der Waals surface area contributed by atoms with Crippen LogP contribution in [-0.2, 0) is 4.79 Å². The molecule has 0 radical (unpaired) electrons. The Balaban J connectivity index is 3.20. The first kappa shape index (κ1) is 10.9. The Hall–Kier alpha value is -1.19. The fourth-order valence-electron chi connectivity index (χ4n) is 1.17. The van der Waals surface area contributed by atoms with E-state index in [1.165, 1.54) is 13.0 Å². The molecule has 0 aliphatic rings. The summed E-state index contributed by atoms with van der Waals surface area (Å²) < 4.78 is 0. The van der Waals surface area contributed by atoms with Gasteiger partial charge in [0, 0.05) is 5.56 Å². The third-order valence-electron chi connectivity index (χ3n) is 1.83. The van der Waals surface area contributed by atoms with Crippen LogP contribution in [0.2, 0.25) is 0 Å². The van der Waals surface area contributed by atoms with Gasteiger partial charge in [0.1, 0.15) is 0 Å². The molecular weight excluding hydrogens is 204 g/mol. The van der Waals surface area contributed by atoms with Crippen LogP contribution >= 0.6 is 11.6 Å². The molecule has 1 aromatic rings. The highest BCUT2D eigenvalue weighted by atomic mass is 35.5. The van der Waals surface area contributed by atoms with Crippen LogP contribution in [0.25, 0.3) is 0 Å². The number of halogens is 1. The fourth-order valence-corrected chi connectivity index (χ4v) is 1.28. The summed E-state index contributed by atoms with van der Waals surface area (Å²) in [5.41, 5.74) is 0.564. The van der Waals surface area contributed by atoms with Gasteiger partial charge in [-0.15, -0.1) is 0 Å². The van der Waals surface area contributed by atoms with Crippen molar-refractivity contribution in [2.24, 2.45) is 0 Å². The third kappa shape index (κ3) is 2.19. The van der Waals surface area contributed by atoms with E-state index in [4.69, 9.17) is 11.6 Å². The molecule has 0 saturated carbocycles. The number of hydrogen-bond donors (Lipinski definition) is 1. The molecule has 0 amide bonds. The molecule has 0 bridgehead atoms. The van der Waals surface area contributed by atoms with Crippen molar-refractivity contribution in [1.82, 2.24) is 0 Å². The van der Waals surface area contributed by atoms with Gasteiger partial charge in [0.2, 0.25) is 5.78 Å². The summed E-state index contributed by atoms with van der Waals surface area (Å²) in [5, 5.41) is 8.29. The molecule has 0 spiro atoms. The normalized spacial score (nSPS) is 12.2. The number of benzene rings is 1. The highest BCUT2D eigenvalue weighted by molar-refractivity contribution is 6.83. The maximum Gasteiger partial charge on any atom is 0.293 e. The first-order valence-electron chi connectivity index (χ1n) is 4.05. The van der Waals surface area contributed by atoms with Crippen LogP contribution in [0.4, 0.5) is 0 Å². The Labute approximate surface area is 86.3 Å². The van der Waals surface area contributed by atoms with Crippen molar-refractivity contribution in [1.29, 1.82) is 0 Å². The molecule has 0 heterocycles. The fraction of sp³-hybridized carbons (Fsp3) is 0.200. The second-order valence-corrected chi connectivity index (χ2v) is 3.21. The van der Waals surface area contributed by atoms with Gasteiger partial charge in [0.25, 0.3) is 5.24 Å². The number of aliphatic hydroxyl groups excluding tert-OH is 1. The molecule has 0 aliphatic heterocycles. The molecule has 3 nitrogen and oxygen atoms in total. The van der Waals surface area contributed by atoms with Crippen molar-refractivity contribution in [2.45, 2.75) is 13.0 Å². The van der Waals surface area contributed by atoms with Crippen molar-refractivity contribution < 1.29 is 14.7 Å². The molecule has 0 aromatic heterocycles. The summed E-state index contributed by atoms with van der Waals surface area (Å²) in [7, 11) is 0. The van der Waals surface area contributed by atoms with Crippen LogP contribution in [0.3, 0.4) is 0 Å². The summed E-state index contributed by atoms with van der Waals surface area (Å²) in [4.78, 5) is 21.9. The van der Waals surface area contributed by atoms with E-state index in [1.54, 1.807) is 18.2 Å². The standard InChI is InChI=1S/C10H9ClO3/c1-6(12)7-4-2-3-5-8(7)9(13)10(11)14/h2-6,12H,1H3. The lowest BCUT2D eigenvalue weighted by Gasteiger charge is -2.08. The molecule has 4 heteroatoms. The van der Waals surface area contributed by atoms with E-state index in [-0.39, 0.29) is 5.56 Å². The number of Topliss-reactive ketones (excluding diaryl/α,β-unsaturated/α-hetero) is 1. The molecule has 1 atom stereocenters. The second-order valence-electron chi connectivity index (χ2n) is 2.87. The van der Waals surface area contributed by atoms with Crippen LogP contribution < -0.4 is 0 Å². The van der Waals surface area contributed by atoms with Gasteiger partial charge in [0.15, 0.2) is 0 Å². The zero-order chi connectivity index (χ0) is 10.7. The Morgan fingerprint density at radius 1 is 1.36 bits per heavy atom.